The lowest BCUT2D eigenvalue weighted by Crippen LogP contribution is -2.37. The highest BCUT2D eigenvalue weighted by Crippen LogP contribution is 2.20. The van der Waals surface area contributed by atoms with Gasteiger partial charge >= 0.3 is 0 Å². The van der Waals surface area contributed by atoms with E-state index in [0.717, 1.165) is 52.0 Å². The fourth-order valence-corrected chi connectivity index (χ4v) is 3.64. The van der Waals surface area contributed by atoms with E-state index in [1.807, 2.05) is 0 Å². The van der Waals surface area contributed by atoms with Crippen molar-refractivity contribution in [3.05, 3.63) is 24.8 Å². The smallest absolute Gasteiger partial charge is 0.229 e. The SMILES string of the molecule is O=C(Nc1cc(-c2cncc(NCC3CCOCC3)n2)ncn1)[C@@H]1CCCNC1. The molecule has 3 N–H and O–H groups in total. The molecule has 0 aliphatic carbocycles. The van der Waals surface area contributed by atoms with Crippen molar-refractivity contribution in [3.8, 4) is 11.4 Å². The number of carbonyl (C=O) groups is 1. The Labute approximate surface area is 170 Å². The minimum absolute atomic E-state index is 0.0141. The van der Waals surface area contributed by atoms with Gasteiger partial charge < -0.3 is 20.7 Å². The van der Waals surface area contributed by atoms with Crippen molar-refractivity contribution < 1.29 is 9.53 Å². The Morgan fingerprint density at radius 1 is 1.14 bits per heavy atom. The Balaban J connectivity index is 1.40. The summed E-state index contributed by atoms with van der Waals surface area (Å²) in [5, 5.41) is 9.52. The molecule has 0 spiro atoms. The molecule has 154 valence electrons. The highest BCUT2D eigenvalue weighted by molar-refractivity contribution is 5.92. The maximum absolute atomic E-state index is 12.4. The van der Waals surface area contributed by atoms with Gasteiger partial charge in [0.05, 0.1) is 24.0 Å². The van der Waals surface area contributed by atoms with Gasteiger partial charge in [-0.25, -0.2) is 15.0 Å². The Morgan fingerprint density at radius 3 is 2.86 bits per heavy atom. The highest BCUT2D eigenvalue weighted by atomic mass is 16.5. The average molecular weight is 397 g/mol. The summed E-state index contributed by atoms with van der Waals surface area (Å²) in [6.07, 6.45) is 8.84. The molecule has 0 bridgehead atoms. The molecule has 2 fully saturated rings. The van der Waals surface area contributed by atoms with Crippen molar-refractivity contribution in [3.63, 3.8) is 0 Å². The van der Waals surface area contributed by atoms with Crippen molar-refractivity contribution in [1.29, 1.82) is 0 Å². The normalized spacial score (nSPS) is 20.2. The van der Waals surface area contributed by atoms with Crippen LogP contribution in [-0.2, 0) is 9.53 Å². The van der Waals surface area contributed by atoms with Crippen LogP contribution < -0.4 is 16.0 Å². The lowest BCUT2D eigenvalue weighted by molar-refractivity contribution is -0.120. The molecule has 0 aromatic carbocycles. The van der Waals surface area contributed by atoms with Gasteiger partial charge in [-0.1, -0.05) is 0 Å². The number of rotatable bonds is 6. The van der Waals surface area contributed by atoms with Gasteiger partial charge in [0.15, 0.2) is 0 Å². The van der Waals surface area contributed by atoms with Crippen LogP contribution in [0.2, 0.25) is 0 Å². The summed E-state index contributed by atoms with van der Waals surface area (Å²) in [6.45, 7) is 4.17. The quantitative estimate of drug-likeness (QED) is 0.675. The summed E-state index contributed by atoms with van der Waals surface area (Å²) in [5.74, 6) is 1.74. The van der Waals surface area contributed by atoms with Crippen molar-refractivity contribution >= 4 is 17.5 Å². The first-order valence-electron chi connectivity index (χ1n) is 10.3. The summed E-state index contributed by atoms with van der Waals surface area (Å²) in [5.41, 5.74) is 1.26. The van der Waals surface area contributed by atoms with E-state index in [1.165, 1.54) is 6.33 Å². The molecule has 1 amide bonds. The van der Waals surface area contributed by atoms with Crippen LogP contribution in [0.5, 0.6) is 0 Å². The van der Waals surface area contributed by atoms with Gasteiger partial charge in [0.25, 0.3) is 0 Å². The number of nitrogens with zero attached hydrogens (tertiary/aromatic N) is 4. The summed E-state index contributed by atoms with van der Waals surface area (Å²) in [6, 6.07) is 1.74. The van der Waals surface area contributed by atoms with E-state index in [0.29, 0.717) is 35.5 Å². The second-order valence-corrected chi connectivity index (χ2v) is 7.55. The minimum Gasteiger partial charge on any atom is -0.381 e. The summed E-state index contributed by atoms with van der Waals surface area (Å²) >= 11 is 0. The monoisotopic (exact) mass is 397 g/mol. The zero-order chi connectivity index (χ0) is 19.9. The number of anilines is 2. The Bertz CT molecular complexity index is 820. The van der Waals surface area contributed by atoms with Gasteiger partial charge in [-0.05, 0) is 38.1 Å². The molecule has 2 aromatic rings. The molecular weight excluding hydrogens is 370 g/mol. The molecule has 29 heavy (non-hydrogen) atoms. The molecule has 2 saturated heterocycles. The van der Waals surface area contributed by atoms with Crippen molar-refractivity contribution in [2.75, 3.05) is 43.5 Å². The first-order chi connectivity index (χ1) is 14.3. The van der Waals surface area contributed by atoms with Crippen LogP contribution in [0.1, 0.15) is 25.7 Å². The molecule has 9 nitrogen and oxygen atoms in total. The van der Waals surface area contributed by atoms with Crippen LogP contribution >= 0.6 is 0 Å². The Hall–Kier alpha value is -2.65. The predicted molar refractivity (Wildman–Crippen MR) is 109 cm³/mol. The van der Waals surface area contributed by atoms with Crippen LogP contribution in [-0.4, -0.2) is 58.7 Å². The fourth-order valence-electron chi connectivity index (χ4n) is 3.64. The Kier molecular flexibility index (Phi) is 6.58. The number of piperidine rings is 1. The first-order valence-corrected chi connectivity index (χ1v) is 10.3. The lowest BCUT2D eigenvalue weighted by atomic mass is 9.99. The fraction of sp³-hybridized carbons (Fsp3) is 0.550. The van der Waals surface area contributed by atoms with Crippen molar-refractivity contribution in [2.45, 2.75) is 25.7 Å². The van der Waals surface area contributed by atoms with Crippen LogP contribution in [0.15, 0.2) is 24.8 Å². The summed E-state index contributed by atoms with van der Waals surface area (Å²) in [4.78, 5) is 29.8. The molecule has 2 aliphatic rings. The van der Waals surface area contributed by atoms with E-state index in [-0.39, 0.29) is 11.8 Å². The van der Waals surface area contributed by atoms with E-state index >= 15 is 0 Å². The Morgan fingerprint density at radius 2 is 2.03 bits per heavy atom. The third-order valence-corrected chi connectivity index (χ3v) is 5.40. The van der Waals surface area contributed by atoms with Crippen molar-refractivity contribution in [1.82, 2.24) is 25.3 Å². The first kappa shape index (κ1) is 19.7. The van der Waals surface area contributed by atoms with Gasteiger partial charge in [-0.3, -0.25) is 9.78 Å². The zero-order valence-corrected chi connectivity index (χ0v) is 16.4. The van der Waals surface area contributed by atoms with E-state index < -0.39 is 0 Å². The van der Waals surface area contributed by atoms with Crippen molar-refractivity contribution in [2.24, 2.45) is 11.8 Å². The number of ether oxygens (including phenoxy) is 1. The van der Waals surface area contributed by atoms with E-state index in [4.69, 9.17) is 4.74 Å². The molecule has 2 aromatic heterocycles. The molecular formula is C20H27N7O2. The van der Waals surface area contributed by atoms with Gasteiger partial charge in [0.2, 0.25) is 5.91 Å². The maximum atomic E-state index is 12.4. The molecule has 2 aliphatic heterocycles. The van der Waals surface area contributed by atoms with E-state index in [9.17, 15) is 4.79 Å². The predicted octanol–water partition coefficient (Wildman–Crippen LogP) is 1.71. The maximum Gasteiger partial charge on any atom is 0.229 e. The molecule has 0 radical (unpaired) electrons. The lowest BCUT2D eigenvalue weighted by Gasteiger charge is -2.22. The molecule has 9 heteroatoms. The summed E-state index contributed by atoms with van der Waals surface area (Å²) in [7, 11) is 0. The third-order valence-electron chi connectivity index (χ3n) is 5.40. The summed E-state index contributed by atoms with van der Waals surface area (Å²) < 4.78 is 5.40. The number of hydrogen-bond donors (Lipinski definition) is 3. The molecule has 0 unspecified atom stereocenters. The second kappa shape index (κ2) is 9.71. The highest BCUT2D eigenvalue weighted by Gasteiger charge is 2.21. The van der Waals surface area contributed by atoms with Crippen LogP contribution in [0.4, 0.5) is 11.6 Å². The number of aromatic nitrogens is 4. The topological polar surface area (TPSA) is 114 Å². The minimum atomic E-state index is -0.0281. The van der Waals surface area contributed by atoms with Crippen LogP contribution in [0, 0.1) is 11.8 Å². The molecule has 4 heterocycles. The number of nitrogens with one attached hydrogen (secondary N) is 3. The standard InChI is InChI=1S/C20H27N7O2/c28-20(15-2-1-5-21-10-15)27-18-8-16(24-13-25-18)17-11-22-12-19(26-17)23-9-14-3-6-29-7-4-14/h8,11-15,21H,1-7,9-10H2,(H,23,26)(H,24,25,27,28)/t15-/m1/s1. The average Bonchev–Trinajstić information content (AvgIpc) is 2.79. The molecule has 0 saturated carbocycles. The van der Waals surface area contributed by atoms with Gasteiger partial charge in [-0.2, -0.15) is 0 Å². The molecule has 1 atom stereocenters. The zero-order valence-electron chi connectivity index (χ0n) is 16.4. The van der Waals surface area contributed by atoms with Gasteiger partial charge in [-0.15, -0.1) is 0 Å². The number of hydrogen-bond acceptors (Lipinski definition) is 8. The number of carbonyl (C=O) groups excluding carboxylic acids is 1. The van der Waals surface area contributed by atoms with E-state index in [2.05, 4.69) is 35.9 Å². The van der Waals surface area contributed by atoms with E-state index in [1.54, 1.807) is 18.5 Å². The van der Waals surface area contributed by atoms with Gasteiger partial charge in [0.1, 0.15) is 23.7 Å². The van der Waals surface area contributed by atoms with Crippen LogP contribution in [0.25, 0.3) is 11.4 Å². The third kappa shape index (κ3) is 5.45. The molecule has 4 rings (SSSR count). The van der Waals surface area contributed by atoms with Crippen LogP contribution in [0.3, 0.4) is 0 Å². The largest absolute Gasteiger partial charge is 0.381 e. The van der Waals surface area contributed by atoms with Gasteiger partial charge in [0, 0.05) is 32.4 Å². The second-order valence-electron chi connectivity index (χ2n) is 7.55. The number of amides is 1.